The number of carbonyl (C=O) groups is 1. The van der Waals surface area contributed by atoms with Crippen LogP contribution in [0.4, 0.5) is 10.2 Å². The highest BCUT2D eigenvalue weighted by atomic mass is 19.1. The first kappa shape index (κ1) is 15.4. The van der Waals surface area contributed by atoms with Gasteiger partial charge in [0, 0.05) is 11.1 Å². The number of fused-ring (bicyclic) bond motifs is 3. The lowest BCUT2D eigenvalue weighted by molar-refractivity contribution is 0.102. The molecule has 4 nitrogen and oxygen atoms in total. The summed E-state index contributed by atoms with van der Waals surface area (Å²) in [6.07, 6.45) is 1.39. The Morgan fingerprint density at radius 1 is 1.08 bits per heavy atom. The summed E-state index contributed by atoms with van der Waals surface area (Å²) in [5.41, 5.74) is 4.67. The Labute approximate surface area is 144 Å². The third-order valence-electron chi connectivity index (χ3n) is 4.36. The van der Waals surface area contributed by atoms with Gasteiger partial charge in [-0.2, -0.15) is 0 Å². The van der Waals surface area contributed by atoms with Crippen LogP contribution in [0.5, 0.6) is 0 Å². The lowest BCUT2D eigenvalue weighted by Gasteiger charge is -2.20. The van der Waals surface area contributed by atoms with E-state index in [9.17, 15) is 9.18 Å². The van der Waals surface area contributed by atoms with E-state index < -0.39 is 0 Å². The number of hydrogen-bond donors (Lipinski definition) is 1. The van der Waals surface area contributed by atoms with Gasteiger partial charge in [0.25, 0.3) is 5.91 Å². The van der Waals surface area contributed by atoms with Crippen molar-refractivity contribution < 1.29 is 9.18 Å². The maximum absolute atomic E-state index is 13.4. The van der Waals surface area contributed by atoms with Gasteiger partial charge in [-0.25, -0.2) is 14.4 Å². The molecule has 0 saturated carbocycles. The molecule has 1 N–H and O–H groups in total. The van der Waals surface area contributed by atoms with Crippen molar-refractivity contribution in [2.24, 2.45) is 0 Å². The molecule has 3 aromatic rings. The SMILES string of the molecule is Cc1nc2c(nc1NC(=O)c1ccccc1)CCc1cc(F)ccc1-2. The first-order valence-corrected chi connectivity index (χ1v) is 8.14. The summed E-state index contributed by atoms with van der Waals surface area (Å²) in [7, 11) is 0. The quantitative estimate of drug-likeness (QED) is 0.773. The number of anilines is 1. The molecule has 1 aliphatic carbocycles. The van der Waals surface area contributed by atoms with E-state index in [0.29, 0.717) is 29.9 Å². The molecule has 5 heteroatoms. The third-order valence-corrected chi connectivity index (χ3v) is 4.36. The second-order valence-corrected chi connectivity index (χ2v) is 6.07. The second-order valence-electron chi connectivity index (χ2n) is 6.07. The summed E-state index contributed by atoms with van der Waals surface area (Å²) < 4.78 is 13.4. The number of halogens is 1. The molecule has 0 fully saturated rings. The van der Waals surface area contributed by atoms with Crippen molar-refractivity contribution in [1.82, 2.24) is 9.97 Å². The van der Waals surface area contributed by atoms with Crippen LogP contribution in [-0.2, 0) is 12.8 Å². The molecule has 1 heterocycles. The summed E-state index contributed by atoms with van der Waals surface area (Å²) in [4.78, 5) is 21.6. The molecule has 25 heavy (non-hydrogen) atoms. The van der Waals surface area contributed by atoms with E-state index in [1.165, 1.54) is 6.07 Å². The molecule has 1 aliphatic rings. The average molecular weight is 333 g/mol. The number of aromatic nitrogens is 2. The van der Waals surface area contributed by atoms with Gasteiger partial charge in [-0.05, 0) is 55.7 Å². The highest BCUT2D eigenvalue weighted by molar-refractivity contribution is 6.04. The Morgan fingerprint density at radius 2 is 1.88 bits per heavy atom. The Bertz CT molecular complexity index is 970. The molecular formula is C20H16FN3O. The van der Waals surface area contributed by atoms with Crippen molar-refractivity contribution in [2.75, 3.05) is 5.32 Å². The van der Waals surface area contributed by atoms with Gasteiger partial charge in [0.1, 0.15) is 5.82 Å². The Balaban J connectivity index is 1.69. The fraction of sp³-hybridized carbons (Fsp3) is 0.150. The molecule has 0 aliphatic heterocycles. The number of nitrogens with one attached hydrogen (secondary N) is 1. The number of aryl methyl sites for hydroxylation is 3. The third kappa shape index (κ3) is 2.89. The highest BCUT2D eigenvalue weighted by Crippen LogP contribution is 2.32. The van der Waals surface area contributed by atoms with Crippen LogP contribution in [-0.4, -0.2) is 15.9 Å². The van der Waals surface area contributed by atoms with E-state index in [1.54, 1.807) is 24.3 Å². The minimum Gasteiger partial charge on any atom is -0.305 e. The smallest absolute Gasteiger partial charge is 0.256 e. The number of amides is 1. The predicted molar refractivity (Wildman–Crippen MR) is 94.0 cm³/mol. The maximum Gasteiger partial charge on any atom is 0.256 e. The van der Waals surface area contributed by atoms with Crippen LogP contribution in [0.2, 0.25) is 0 Å². The standard InChI is InChI=1S/C20H16FN3O/c1-12-19(24-20(25)13-5-3-2-4-6-13)23-17-10-7-14-11-15(21)8-9-16(14)18(17)22-12/h2-6,8-9,11H,7,10H2,1H3,(H,23,24,25). The number of rotatable bonds is 2. The van der Waals surface area contributed by atoms with Crippen LogP contribution < -0.4 is 5.32 Å². The zero-order valence-corrected chi connectivity index (χ0v) is 13.7. The topological polar surface area (TPSA) is 54.9 Å². The molecule has 2 aromatic carbocycles. The second kappa shape index (κ2) is 6.09. The fourth-order valence-corrected chi connectivity index (χ4v) is 3.08. The fourth-order valence-electron chi connectivity index (χ4n) is 3.08. The van der Waals surface area contributed by atoms with Gasteiger partial charge in [-0.15, -0.1) is 0 Å². The Morgan fingerprint density at radius 3 is 2.68 bits per heavy atom. The van der Waals surface area contributed by atoms with Gasteiger partial charge in [-0.3, -0.25) is 4.79 Å². The summed E-state index contributed by atoms with van der Waals surface area (Å²) >= 11 is 0. The monoisotopic (exact) mass is 333 g/mol. The minimum absolute atomic E-state index is 0.212. The minimum atomic E-state index is -0.237. The molecule has 0 radical (unpaired) electrons. The molecule has 0 saturated heterocycles. The van der Waals surface area contributed by atoms with Crippen molar-refractivity contribution >= 4 is 11.7 Å². The zero-order valence-electron chi connectivity index (χ0n) is 13.7. The van der Waals surface area contributed by atoms with E-state index in [1.807, 2.05) is 25.1 Å². The highest BCUT2D eigenvalue weighted by Gasteiger charge is 2.21. The van der Waals surface area contributed by atoms with E-state index in [-0.39, 0.29) is 11.7 Å². The van der Waals surface area contributed by atoms with Gasteiger partial charge in [0.15, 0.2) is 5.82 Å². The molecule has 1 amide bonds. The van der Waals surface area contributed by atoms with Gasteiger partial charge >= 0.3 is 0 Å². The van der Waals surface area contributed by atoms with Crippen molar-refractivity contribution in [1.29, 1.82) is 0 Å². The molecule has 124 valence electrons. The van der Waals surface area contributed by atoms with Crippen LogP contribution in [0.15, 0.2) is 48.5 Å². The number of hydrogen-bond acceptors (Lipinski definition) is 3. The van der Waals surface area contributed by atoms with E-state index in [0.717, 1.165) is 22.5 Å². The van der Waals surface area contributed by atoms with Crippen molar-refractivity contribution in [2.45, 2.75) is 19.8 Å². The van der Waals surface area contributed by atoms with Crippen LogP contribution in [0.3, 0.4) is 0 Å². The number of carbonyl (C=O) groups excluding carboxylic acids is 1. The molecule has 0 unspecified atom stereocenters. The van der Waals surface area contributed by atoms with Gasteiger partial charge < -0.3 is 5.32 Å². The van der Waals surface area contributed by atoms with Crippen LogP contribution in [0, 0.1) is 12.7 Å². The van der Waals surface area contributed by atoms with E-state index in [2.05, 4.69) is 15.3 Å². The first-order chi connectivity index (χ1) is 12.1. The summed E-state index contributed by atoms with van der Waals surface area (Å²) in [6.45, 7) is 1.81. The summed E-state index contributed by atoms with van der Waals surface area (Å²) in [5.74, 6) is 0.0213. The van der Waals surface area contributed by atoms with E-state index >= 15 is 0 Å². The number of nitrogens with zero attached hydrogens (tertiary/aromatic N) is 2. The van der Waals surface area contributed by atoms with Crippen LogP contribution in [0.1, 0.15) is 27.3 Å². The van der Waals surface area contributed by atoms with Crippen molar-refractivity contribution in [3.05, 3.63) is 76.9 Å². The van der Waals surface area contributed by atoms with Crippen molar-refractivity contribution in [3.63, 3.8) is 0 Å². The summed E-state index contributed by atoms with van der Waals surface area (Å²) in [6, 6.07) is 13.7. The summed E-state index contributed by atoms with van der Waals surface area (Å²) in [5, 5.41) is 2.84. The molecule has 1 aromatic heterocycles. The molecule has 0 bridgehead atoms. The van der Waals surface area contributed by atoms with Gasteiger partial charge in [0.2, 0.25) is 0 Å². The maximum atomic E-state index is 13.4. The molecule has 0 spiro atoms. The average Bonchev–Trinajstić information content (AvgIpc) is 2.63. The first-order valence-electron chi connectivity index (χ1n) is 8.14. The number of benzene rings is 2. The van der Waals surface area contributed by atoms with Crippen molar-refractivity contribution in [3.8, 4) is 11.3 Å². The van der Waals surface area contributed by atoms with Gasteiger partial charge in [-0.1, -0.05) is 18.2 Å². The zero-order chi connectivity index (χ0) is 17.4. The predicted octanol–water partition coefficient (Wildman–Crippen LogP) is 3.94. The Kier molecular flexibility index (Phi) is 3.76. The van der Waals surface area contributed by atoms with E-state index in [4.69, 9.17) is 0 Å². The molecule has 0 atom stereocenters. The normalized spacial score (nSPS) is 12.2. The molecule has 4 rings (SSSR count). The van der Waals surface area contributed by atoms with Crippen LogP contribution in [0.25, 0.3) is 11.3 Å². The lowest BCUT2D eigenvalue weighted by atomic mass is 9.91. The Hall–Kier alpha value is -3.08. The largest absolute Gasteiger partial charge is 0.305 e. The molecular weight excluding hydrogens is 317 g/mol. The lowest BCUT2D eigenvalue weighted by Crippen LogP contribution is -2.17. The van der Waals surface area contributed by atoms with Crippen LogP contribution >= 0.6 is 0 Å². The van der Waals surface area contributed by atoms with Gasteiger partial charge in [0.05, 0.1) is 17.1 Å².